The van der Waals surface area contributed by atoms with Crippen molar-refractivity contribution < 1.29 is 4.79 Å². The third-order valence-corrected chi connectivity index (χ3v) is 3.52. The molecule has 0 fully saturated rings. The van der Waals surface area contributed by atoms with Gasteiger partial charge < -0.3 is 5.73 Å². The first kappa shape index (κ1) is 12.4. The minimum absolute atomic E-state index is 0.245. The maximum absolute atomic E-state index is 10.6. The molecule has 4 heteroatoms. The zero-order chi connectivity index (χ0) is 11.3. The molecule has 1 atom stereocenters. The van der Waals surface area contributed by atoms with Gasteiger partial charge in [-0.3, -0.25) is 4.79 Å². The summed E-state index contributed by atoms with van der Waals surface area (Å²) in [6, 6.07) is 7.76. The Balaban J connectivity index is 2.43. The number of nitrogens with two attached hydrogens (primary N) is 1. The van der Waals surface area contributed by atoms with E-state index in [1.165, 1.54) is 5.56 Å². The van der Waals surface area contributed by atoms with Crippen LogP contribution in [0.4, 0.5) is 0 Å². The quantitative estimate of drug-likeness (QED) is 0.864. The summed E-state index contributed by atoms with van der Waals surface area (Å²) in [6.07, 6.45) is 0.433. The van der Waals surface area contributed by atoms with Crippen molar-refractivity contribution in [3.05, 3.63) is 34.9 Å². The van der Waals surface area contributed by atoms with E-state index in [1.807, 2.05) is 24.3 Å². The summed E-state index contributed by atoms with van der Waals surface area (Å²) >= 11 is 7.51. The van der Waals surface area contributed by atoms with Gasteiger partial charge in [-0.2, -0.15) is 11.8 Å². The fourth-order valence-electron chi connectivity index (χ4n) is 1.17. The summed E-state index contributed by atoms with van der Waals surface area (Å²) in [5.74, 6) is 0.518. The lowest BCUT2D eigenvalue weighted by Gasteiger charge is -2.10. The van der Waals surface area contributed by atoms with Crippen molar-refractivity contribution in [1.82, 2.24) is 0 Å². The Morgan fingerprint density at radius 3 is 2.60 bits per heavy atom. The Morgan fingerprint density at radius 1 is 1.47 bits per heavy atom. The van der Waals surface area contributed by atoms with Crippen molar-refractivity contribution in [2.75, 3.05) is 5.75 Å². The lowest BCUT2D eigenvalue weighted by Crippen LogP contribution is -2.11. The van der Waals surface area contributed by atoms with Crippen molar-refractivity contribution in [2.45, 2.75) is 18.6 Å². The van der Waals surface area contributed by atoms with Gasteiger partial charge in [0, 0.05) is 22.4 Å². The van der Waals surface area contributed by atoms with Crippen LogP contribution in [0.1, 0.15) is 24.2 Å². The van der Waals surface area contributed by atoms with E-state index in [0.717, 1.165) is 10.8 Å². The van der Waals surface area contributed by atoms with Crippen LogP contribution in [-0.2, 0) is 4.79 Å². The van der Waals surface area contributed by atoms with E-state index in [9.17, 15) is 4.79 Å². The van der Waals surface area contributed by atoms with Crippen LogP contribution in [0.15, 0.2) is 24.3 Å². The Labute approximate surface area is 99.2 Å². The molecule has 0 aliphatic heterocycles. The molecule has 0 heterocycles. The lowest BCUT2D eigenvalue weighted by molar-refractivity contribution is -0.117. The highest BCUT2D eigenvalue weighted by Gasteiger charge is 2.06. The SMILES string of the molecule is C[C@H](SCCC(N)=O)c1ccc(Cl)cc1. The van der Waals surface area contributed by atoms with Crippen molar-refractivity contribution in [2.24, 2.45) is 5.73 Å². The molecule has 0 saturated heterocycles. The van der Waals surface area contributed by atoms with E-state index in [0.29, 0.717) is 11.7 Å². The van der Waals surface area contributed by atoms with Crippen LogP contribution < -0.4 is 5.73 Å². The molecule has 0 saturated carbocycles. The van der Waals surface area contributed by atoms with Gasteiger partial charge in [0.05, 0.1) is 0 Å². The number of hydrogen-bond acceptors (Lipinski definition) is 2. The second kappa shape index (κ2) is 6.03. The molecule has 2 N–H and O–H groups in total. The van der Waals surface area contributed by atoms with Crippen LogP contribution in [0.3, 0.4) is 0 Å². The molecule has 0 aliphatic carbocycles. The Kier molecular flexibility index (Phi) is 4.99. The molecule has 0 radical (unpaired) electrons. The molecule has 0 aliphatic rings. The molecule has 0 bridgehead atoms. The van der Waals surface area contributed by atoms with Crippen molar-refractivity contribution in [3.63, 3.8) is 0 Å². The number of thioether (sulfide) groups is 1. The Bertz CT molecular complexity index is 326. The van der Waals surface area contributed by atoms with Gasteiger partial charge in [0.25, 0.3) is 0 Å². The summed E-state index contributed by atoms with van der Waals surface area (Å²) < 4.78 is 0. The number of halogens is 1. The zero-order valence-corrected chi connectivity index (χ0v) is 10.1. The van der Waals surface area contributed by atoms with Gasteiger partial charge in [-0.15, -0.1) is 0 Å². The molecule has 0 unspecified atom stereocenters. The van der Waals surface area contributed by atoms with Crippen LogP contribution in [0.2, 0.25) is 5.02 Å². The summed E-state index contributed by atoms with van der Waals surface area (Å²) in [4.78, 5) is 10.6. The largest absolute Gasteiger partial charge is 0.370 e. The van der Waals surface area contributed by atoms with Gasteiger partial charge in [0.1, 0.15) is 0 Å². The summed E-state index contributed by atoms with van der Waals surface area (Å²) in [7, 11) is 0. The first-order chi connectivity index (χ1) is 7.09. The van der Waals surface area contributed by atoms with Crippen LogP contribution in [-0.4, -0.2) is 11.7 Å². The predicted octanol–water partition coefficient (Wildman–Crippen LogP) is 3.01. The monoisotopic (exact) mass is 243 g/mol. The van der Waals surface area contributed by atoms with Gasteiger partial charge in [-0.05, 0) is 24.6 Å². The average molecular weight is 244 g/mol. The van der Waals surface area contributed by atoms with Gasteiger partial charge in [0.2, 0.25) is 5.91 Å². The van der Waals surface area contributed by atoms with E-state index in [1.54, 1.807) is 11.8 Å². The van der Waals surface area contributed by atoms with Gasteiger partial charge in [-0.25, -0.2) is 0 Å². The standard InChI is InChI=1S/C11H14ClNOS/c1-8(15-7-6-11(13)14)9-2-4-10(12)5-3-9/h2-5,8H,6-7H2,1H3,(H2,13,14)/t8-/m0/s1. The fourth-order valence-corrected chi connectivity index (χ4v) is 2.31. The predicted molar refractivity (Wildman–Crippen MR) is 66.1 cm³/mol. The minimum Gasteiger partial charge on any atom is -0.370 e. The van der Waals surface area contributed by atoms with Crippen LogP contribution >= 0.6 is 23.4 Å². The smallest absolute Gasteiger partial charge is 0.218 e. The van der Waals surface area contributed by atoms with E-state index in [2.05, 4.69) is 6.92 Å². The van der Waals surface area contributed by atoms with Crippen LogP contribution in [0.25, 0.3) is 0 Å². The third kappa shape index (κ3) is 4.58. The first-order valence-electron chi connectivity index (χ1n) is 4.75. The highest BCUT2D eigenvalue weighted by atomic mass is 35.5. The number of amides is 1. The highest BCUT2D eigenvalue weighted by molar-refractivity contribution is 7.99. The first-order valence-corrected chi connectivity index (χ1v) is 6.17. The molecule has 82 valence electrons. The second-order valence-corrected chi connectivity index (χ2v) is 5.17. The average Bonchev–Trinajstić information content (AvgIpc) is 2.18. The molecule has 1 amide bonds. The van der Waals surface area contributed by atoms with Gasteiger partial charge in [0.15, 0.2) is 0 Å². The number of rotatable bonds is 5. The Hall–Kier alpha value is -0.670. The molecular weight excluding hydrogens is 230 g/mol. The molecule has 15 heavy (non-hydrogen) atoms. The number of benzene rings is 1. The van der Waals surface area contributed by atoms with E-state index in [4.69, 9.17) is 17.3 Å². The fraction of sp³-hybridized carbons (Fsp3) is 0.364. The van der Waals surface area contributed by atoms with E-state index < -0.39 is 0 Å². The molecule has 0 aromatic heterocycles. The maximum atomic E-state index is 10.6. The molecule has 1 rings (SSSR count). The minimum atomic E-state index is -0.245. The van der Waals surface area contributed by atoms with Gasteiger partial charge >= 0.3 is 0 Å². The van der Waals surface area contributed by atoms with Gasteiger partial charge in [-0.1, -0.05) is 23.7 Å². The van der Waals surface area contributed by atoms with E-state index >= 15 is 0 Å². The van der Waals surface area contributed by atoms with Crippen LogP contribution in [0.5, 0.6) is 0 Å². The topological polar surface area (TPSA) is 43.1 Å². The summed E-state index contributed by atoms with van der Waals surface area (Å²) in [5.41, 5.74) is 6.28. The zero-order valence-electron chi connectivity index (χ0n) is 8.57. The van der Waals surface area contributed by atoms with Crippen molar-refractivity contribution in [3.8, 4) is 0 Å². The normalized spacial score (nSPS) is 12.4. The number of hydrogen-bond donors (Lipinski definition) is 1. The molecule has 1 aromatic rings. The van der Waals surface area contributed by atoms with Crippen LogP contribution in [0, 0.1) is 0 Å². The third-order valence-electron chi connectivity index (χ3n) is 2.06. The Morgan fingerprint density at radius 2 is 2.07 bits per heavy atom. The van der Waals surface area contributed by atoms with Crippen molar-refractivity contribution in [1.29, 1.82) is 0 Å². The number of carbonyl (C=O) groups is 1. The highest BCUT2D eigenvalue weighted by Crippen LogP contribution is 2.29. The summed E-state index contributed by atoms with van der Waals surface area (Å²) in [6.45, 7) is 2.11. The molecule has 0 spiro atoms. The molecule has 2 nitrogen and oxygen atoms in total. The molecule has 1 aromatic carbocycles. The van der Waals surface area contributed by atoms with Crippen molar-refractivity contribution >= 4 is 29.3 Å². The number of primary amides is 1. The number of carbonyl (C=O) groups excluding carboxylic acids is 1. The molecular formula is C11H14ClNOS. The summed E-state index contributed by atoms with van der Waals surface area (Å²) in [5, 5.41) is 1.11. The maximum Gasteiger partial charge on any atom is 0.218 e. The lowest BCUT2D eigenvalue weighted by atomic mass is 10.2. The van der Waals surface area contributed by atoms with E-state index in [-0.39, 0.29) is 5.91 Å². The second-order valence-electron chi connectivity index (χ2n) is 3.28.